The Kier molecular flexibility index (Phi) is 7.66. The second-order valence-corrected chi connectivity index (χ2v) is 13.9. The van der Waals surface area contributed by atoms with Crippen LogP contribution in [0.1, 0.15) is 21.7 Å². The summed E-state index contributed by atoms with van der Waals surface area (Å²) in [4.78, 5) is 43.8. The standard InChI is InChI=1S/C29H26N4O6S3/c34-24-18-33(42(38,39)26-7-1-2-13-32(26)37)23-12-14-31(27(23)24)29(36)22(17-21-5-3-15-40-21)30-28(35)20-10-8-19(9-11-20)25-6-4-16-41-25/h1-11,13,15-16,22-23,27H,12,14,17-18H2,(H,30,35). The molecule has 13 heteroatoms. The second kappa shape index (κ2) is 11.4. The molecule has 1 N–H and O–H groups in total. The van der Waals surface area contributed by atoms with Crippen molar-refractivity contribution in [1.29, 1.82) is 0 Å². The number of sulfonamides is 1. The Morgan fingerprint density at radius 1 is 1.02 bits per heavy atom. The van der Waals surface area contributed by atoms with Gasteiger partial charge >= 0.3 is 15.0 Å². The zero-order valence-corrected chi connectivity index (χ0v) is 24.6. The van der Waals surface area contributed by atoms with Gasteiger partial charge in [0.15, 0.2) is 12.0 Å². The van der Waals surface area contributed by atoms with E-state index in [2.05, 4.69) is 5.32 Å². The number of carbonyl (C=O) groups is 3. The average Bonchev–Trinajstić information content (AvgIpc) is 3.80. The normalized spacial score (nSPS) is 19.5. The molecule has 3 atom stereocenters. The Bertz CT molecular complexity index is 1720. The monoisotopic (exact) mass is 622 g/mol. The molecule has 2 amide bonds. The Hall–Kier alpha value is -3.91. The van der Waals surface area contributed by atoms with Gasteiger partial charge in [-0.05, 0) is 53.1 Å². The van der Waals surface area contributed by atoms with E-state index >= 15 is 0 Å². The molecule has 5 heterocycles. The van der Waals surface area contributed by atoms with Crippen molar-refractivity contribution in [2.45, 2.75) is 36.0 Å². The fraction of sp³-hybridized carbons (Fsp3) is 0.241. The highest BCUT2D eigenvalue weighted by atomic mass is 32.2. The highest BCUT2D eigenvalue weighted by Crippen LogP contribution is 2.34. The highest BCUT2D eigenvalue weighted by Gasteiger charge is 2.55. The first-order valence-electron chi connectivity index (χ1n) is 13.2. The van der Waals surface area contributed by atoms with Gasteiger partial charge < -0.3 is 15.4 Å². The maximum Gasteiger partial charge on any atom is 0.323 e. The third-order valence-corrected chi connectivity index (χ3v) is 11.2. The van der Waals surface area contributed by atoms with Gasteiger partial charge in [0.2, 0.25) is 5.91 Å². The SMILES string of the molecule is O=C(NC(Cc1cccs1)C(=O)N1CCC2C1C(=O)CN2S(=O)(=O)c1cccc[n+]1[O-])c1ccc(-c2cccs2)cc1. The van der Waals surface area contributed by atoms with Crippen molar-refractivity contribution >= 4 is 50.3 Å². The summed E-state index contributed by atoms with van der Waals surface area (Å²) in [6, 6.07) is 16.1. The number of nitrogens with one attached hydrogen (secondary N) is 1. The number of fused-ring (bicyclic) bond motifs is 1. The summed E-state index contributed by atoms with van der Waals surface area (Å²) >= 11 is 3.04. The number of likely N-dealkylation sites (tertiary alicyclic amines) is 1. The molecule has 4 aromatic rings. The Balaban J connectivity index is 1.23. The van der Waals surface area contributed by atoms with Crippen LogP contribution in [0.4, 0.5) is 0 Å². The summed E-state index contributed by atoms with van der Waals surface area (Å²) in [6.45, 7) is -0.292. The number of nitrogens with zero attached hydrogens (tertiary/aromatic N) is 3. The molecule has 0 bridgehead atoms. The highest BCUT2D eigenvalue weighted by molar-refractivity contribution is 7.89. The van der Waals surface area contributed by atoms with Crippen LogP contribution in [0.25, 0.3) is 10.4 Å². The third kappa shape index (κ3) is 5.24. The van der Waals surface area contributed by atoms with Crippen LogP contribution in [-0.4, -0.2) is 66.4 Å². The fourth-order valence-corrected chi connectivity index (χ4v) is 8.71. The molecule has 2 aliphatic rings. The summed E-state index contributed by atoms with van der Waals surface area (Å²) in [7, 11) is -4.28. The van der Waals surface area contributed by atoms with Gasteiger partial charge in [-0.3, -0.25) is 14.4 Å². The lowest BCUT2D eigenvalue weighted by Crippen LogP contribution is -2.53. The summed E-state index contributed by atoms with van der Waals surface area (Å²) in [6.07, 6.45) is 1.54. The lowest BCUT2D eigenvalue weighted by atomic mass is 10.1. The summed E-state index contributed by atoms with van der Waals surface area (Å²) < 4.78 is 28.0. The molecule has 0 radical (unpaired) electrons. The quantitative estimate of drug-likeness (QED) is 0.238. The van der Waals surface area contributed by atoms with Gasteiger partial charge in [-0.25, -0.2) is 8.42 Å². The van der Waals surface area contributed by atoms with E-state index in [1.54, 1.807) is 23.5 Å². The van der Waals surface area contributed by atoms with Crippen LogP contribution in [0.5, 0.6) is 0 Å². The van der Waals surface area contributed by atoms with Gasteiger partial charge in [-0.15, -0.1) is 22.7 Å². The molecule has 0 aliphatic carbocycles. The molecular formula is C29H26N4O6S3. The minimum atomic E-state index is -4.28. The van der Waals surface area contributed by atoms with E-state index < -0.39 is 57.3 Å². The number of Topliss-reactive ketones (excluding diaryl/α,β-unsaturated/α-hetero) is 1. The van der Waals surface area contributed by atoms with E-state index in [0.29, 0.717) is 5.56 Å². The number of ketones is 1. The molecule has 0 spiro atoms. The second-order valence-electron chi connectivity index (χ2n) is 10.1. The van der Waals surface area contributed by atoms with Crippen molar-refractivity contribution in [3.05, 3.63) is 99.3 Å². The number of rotatable bonds is 8. The van der Waals surface area contributed by atoms with E-state index in [1.165, 1.54) is 34.4 Å². The molecule has 2 fully saturated rings. The predicted molar refractivity (Wildman–Crippen MR) is 157 cm³/mol. The summed E-state index contributed by atoms with van der Waals surface area (Å²) in [5.41, 5.74) is 1.37. The minimum Gasteiger partial charge on any atom is -0.618 e. The maximum atomic E-state index is 14.0. The van der Waals surface area contributed by atoms with Gasteiger partial charge in [0.05, 0.1) is 12.6 Å². The van der Waals surface area contributed by atoms with E-state index in [9.17, 15) is 28.0 Å². The van der Waals surface area contributed by atoms with Crippen LogP contribution < -0.4 is 10.0 Å². The van der Waals surface area contributed by atoms with Gasteiger partial charge in [0, 0.05) is 40.4 Å². The zero-order valence-electron chi connectivity index (χ0n) is 22.2. The number of carbonyl (C=O) groups excluding carboxylic acids is 3. The molecular weight excluding hydrogens is 597 g/mol. The van der Waals surface area contributed by atoms with Crippen molar-refractivity contribution < 1.29 is 27.5 Å². The number of thiophene rings is 2. The van der Waals surface area contributed by atoms with Crippen LogP contribution in [0.3, 0.4) is 0 Å². The maximum absolute atomic E-state index is 14.0. The molecule has 3 unspecified atom stereocenters. The van der Waals surface area contributed by atoms with Crippen molar-refractivity contribution in [1.82, 2.24) is 14.5 Å². The van der Waals surface area contributed by atoms with E-state index in [4.69, 9.17) is 0 Å². The fourth-order valence-electron chi connectivity index (χ4n) is 5.57. The van der Waals surface area contributed by atoms with Crippen LogP contribution in [0, 0.1) is 5.21 Å². The number of amides is 2. The molecule has 3 aromatic heterocycles. The van der Waals surface area contributed by atoms with Crippen molar-refractivity contribution in [3.8, 4) is 10.4 Å². The van der Waals surface area contributed by atoms with E-state index in [-0.39, 0.29) is 24.1 Å². The smallest absolute Gasteiger partial charge is 0.323 e. The molecule has 216 valence electrons. The predicted octanol–water partition coefficient (Wildman–Crippen LogP) is 2.69. The zero-order chi connectivity index (χ0) is 29.4. The molecule has 10 nitrogen and oxygen atoms in total. The lowest BCUT2D eigenvalue weighted by molar-refractivity contribution is -0.646. The van der Waals surface area contributed by atoms with Crippen molar-refractivity contribution in [2.24, 2.45) is 0 Å². The number of benzene rings is 1. The van der Waals surface area contributed by atoms with Crippen LogP contribution in [0.15, 0.2) is 88.7 Å². The van der Waals surface area contributed by atoms with Gasteiger partial charge in [0.25, 0.3) is 5.91 Å². The Morgan fingerprint density at radius 2 is 1.79 bits per heavy atom. The van der Waals surface area contributed by atoms with Crippen LogP contribution >= 0.6 is 22.7 Å². The lowest BCUT2D eigenvalue weighted by Gasteiger charge is -2.28. The van der Waals surface area contributed by atoms with Crippen molar-refractivity contribution in [2.75, 3.05) is 13.1 Å². The summed E-state index contributed by atoms with van der Waals surface area (Å²) in [5.74, 6) is -1.30. The molecule has 42 heavy (non-hydrogen) atoms. The molecule has 1 aromatic carbocycles. The Morgan fingerprint density at radius 3 is 2.48 bits per heavy atom. The summed E-state index contributed by atoms with van der Waals surface area (Å²) in [5, 5.41) is 18.5. The molecule has 6 rings (SSSR count). The molecule has 2 aliphatic heterocycles. The van der Waals surface area contributed by atoms with Crippen molar-refractivity contribution in [3.63, 3.8) is 0 Å². The van der Waals surface area contributed by atoms with E-state index in [1.807, 2.05) is 47.2 Å². The first-order chi connectivity index (χ1) is 20.2. The molecule has 0 saturated carbocycles. The Labute approximate surface area is 250 Å². The number of hydrogen-bond acceptors (Lipinski definition) is 8. The van der Waals surface area contributed by atoms with Gasteiger partial charge in [-0.2, -0.15) is 9.04 Å². The number of pyridine rings is 1. The third-order valence-electron chi connectivity index (χ3n) is 7.56. The molecule has 2 saturated heterocycles. The topological polar surface area (TPSA) is 131 Å². The van der Waals surface area contributed by atoms with Crippen LogP contribution in [-0.2, 0) is 26.0 Å². The number of hydrogen-bond donors (Lipinski definition) is 1. The van der Waals surface area contributed by atoms with E-state index in [0.717, 1.165) is 25.8 Å². The first-order valence-corrected chi connectivity index (χ1v) is 16.4. The van der Waals surface area contributed by atoms with Gasteiger partial charge in [-0.1, -0.05) is 24.3 Å². The first kappa shape index (κ1) is 28.2. The van der Waals surface area contributed by atoms with Crippen LogP contribution in [0.2, 0.25) is 0 Å². The number of aromatic nitrogens is 1. The largest absolute Gasteiger partial charge is 0.618 e. The minimum absolute atomic E-state index is 0.143. The average molecular weight is 623 g/mol. The van der Waals surface area contributed by atoms with Gasteiger partial charge in [0.1, 0.15) is 12.1 Å².